The molecule has 4 rings (SSSR count). The van der Waals surface area contributed by atoms with Gasteiger partial charge in [-0.25, -0.2) is 13.2 Å². The predicted molar refractivity (Wildman–Crippen MR) is 129 cm³/mol. The van der Waals surface area contributed by atoms with Crippen LogP contribution in [0.2, 0.25) is 5.02 Å². The molecule has 0 radical (unpaired) electrons. The summed E-state index contributed by atoms with van der Waals surface area (Å²) in [5, 5.41) is 13.0. The van der Waals surface area contributed by atoms with Gasteiger partial charge in [0.25, 0.3) is 11.8 Å². The van der Waals surface area contributed by atoms with Crippen LogP contribution in [0.3, 0.4) is 0 Å². The highest BCUT2D eigenvalue weighted by Gasteiger charge is 2.28. The highest BCUT2D eigenvalue weighted by atomic mass is 35.5. The van der Waals surface area contributed by atoms with Crippen molar-refractivity contribution in [2.75, 3.05) is 13.6 Å². The maximum Gasteiger partial charge on any atom is 0.317 e. The fraction of sp³-hybridized carbons (Fsp3) is 0.192. The molecular weight excluding hydrogens is 495 g/mol. The molecule has 0 spiro atoms. The molecule has 0 saturated heterocycles. The second kappa shape index (κ2) is 10.1. The molecule has 10 heteroatoms. The summed E-state index contributed by atoms with van der Waals surface area (Å²) in [7, 11) is 1.58. The van der Waals surface area contributed by atoms with Crippen molar-refractivity contribution in [2.24, 2.45) is 0 Å². The Hall–Kier alpha value is -3.69. The van der Waals surface area contributed by atoms with Crippen molar-refractivity contribution < 1.29 is 27.6 Å². The highest BCUT2D eigenvalue weighted by molar-refractivity contribution is 6.33. The minimum atomic E-state index is -3.05. The smallest absolute Gasteiger partial charge is 0.317 e. The van der Waals surface area contributed by atoms with E-state index in [0.29, 0.717) is 27.8 Å². The monoisotopic (exact) mass is 515 g/mol. The summed E-state index contributed by atoms with van der Waals surface area (Å²) in [4.78, 5) is 16.6. The summed E-state index contributed by atoms with van der Waals surface area (Å²) in [6, 6.07) is 15.3. The zero-order valence-electron chi connectivity index (χ0n) is 19.3. The third-order valence-corrected chi connectivity index (χ3v) is 5.80. The normalized spacial score (nSPS) is 11.8. The number of nitrogens with zero attached hydrogens (tertiary/aromatic N) is 3. The van der Waals surface area contributed by atoms with Crippen molar-refractivity contribution in [1.29, 1.82) is 0 Å². The number of hydrogen-bond donors (Lipinski definition) is 1. The molecule has 4 aromatic rings. The van der Waals surface area contributed by atoms with Gasteiger partial charge in [-0.1, -0.05) is 59.2 Å². The first-order chi connectivity index (χ1) is 17.0. The molecule has 1 heterocycles. The summed E-state index contributed by atoms with van der Waals surface area (Å²) < 4.78 is 48.1. The molecule has 186 valence electrons. The molecule has 3 aromatic carbocycles. The topological polar surface area (TPSA) is 79.5 Å². The molecule has 36 heavy (non-hydrogen) atoms. The highest BCUT2D eigenvalue weighted by Crippen LogP contribution is 2.39. The Morgan fingerprint density at radius 1 is 1.08 bits per heavy atom. The zero-order chi connectivity index (χ0) is 26.0. The SMILES string of the molecule is CN(CC(=O)O)Cc1ccc(-c2noc(-c3ccc(-c4ccccc4C(C)(F)F)c(Cl)c3)n2)cc1F. The Morgan fingerprint density at radius 3 is 2.47 bits per heavy atom. The van der Waals surface area contributed by atoms with Crippen molar-refractivity contribution in [1.82, 2.24) is 15.0 Å². The van der Waals surface area contributed by atoms with Gasteiger partial charge in [0.1, 0.15) is 5.82 Å². The zero-order valence-corrected chi connectivity index (χ0v) is 20.1. The largest absolute Gasteiger partial charge is 0.480 e. The fourth-order valence-corrected chi connectivity index (χ4v) is 4.10. The summed E-state index contributed by atoms with van der Waals surface area (Å²) in [6.07, 6.45) is 0. The van der Waals surface area contributed by atoms with Crippen LogP contribution >= 0.6 is 11.6 Å². The Morgan fingerprint density at radius 2 is 1.81 bits per heavy atom. The molecule has 0 aliphatic heterocycles. The molecule has 0 saturated carbocycles. The molecule has 0 atom stereocenters. The van der Waals surface area contributed by atoms with Crippen LogP contribution in [-0.4, -0.2) is 39.7 Å². The van der Waals surface area contributed by atoms with E-state index in [2.05, 4.69) is 10.1 Å². The molecule has 0 amide bonds. The van der Waals surface area contributed by atoms with Gasteiger partial charge in [0.2, 0.25) is 5.82 Å². The third-order valence-electron chi connectivity index (χ3n) is 5.49. The van der Waals surface area contributed by atoms with Gasteiger partial charge in [-0.15, -0.1) is 0 Å². The maximum absolute atomic E-state index is 14.6. The predicted octanol–water partition coefficient (Wildman–Crippen LogP) is 6.49. The van der Waals surface area contributed by atoms with Gasteiger partial charge in [0, 0.05) is 46.3 Å². The van der Waals surface area contributed by atoms with E-state index < -0.39 is 17.7 Å². The molecule has 6 nitrogen and oxygen atoms in total. The van der Waals surface area contributed by atoms with Crippen LogP contribution in [0.5, 0.6) is 0 Å². The van der Waals surface area contributed by atoms with E-state index in [1.54, 1.807) is 49.5 Å². The van der Waals surface area contributed by atoms with Crippen LogP contribution in [0.1, 0.15) is 18.1 Å². The molecule has 0 aliphatic rings. The number of rotatable bonds is 8. The number of hydrogen-bond acceptors (Lipinski definition) is 5. The van der Waals surface area contributed by atoms with Crippen LogP contribution in [0.4, 0.5) is 13.2 Å². The van der Waals surface area contributed by atoms with Crippen molar-refractivity contribution >= 4 is 17.6 Å². The van der Waals surface area contributed by atoms with E-state index in [1.165, 1.54) is 23.1 Å². The number of carboxylic acid groups (broad SMARTS) is 1. The van der Waals surface area contributed by atoms with Gasteiger partial charge in [0.15, 0.2) is 0 Å². The minimum Gasteiger partial charge on any atom is -0.480 e. The summed E-state index contributed by atoms with van der Waals surface area (Å²) in [6.45, 7) is 0.731. The van der Waals surface area contributed by atoms with Gasteiger partial charge in [-0.2, -0.15) is 4.98 Å². The van der Waals surface area contributed by atoms with Crippen LogP contribution in [0.25, 0.3) is 34.0 Å². The Balaban J connectivity index is 1.58. The van der Waals surface area contributed by atoms with Crippen LogP contribution < -0.4 is 0 Å². The van der Waals surface area contributed by atoms with E-state index in [0.717, 1.165) is 6.92 Å². The van der Waals surface area contributed by atoms with Gasteiger partial charge < -0.3 is 9.63 Å². The number of carboxylic acids is 1. The van der Waals surface area contributed by atoms with Gasteiger partial charge in [-0.3, -0.25) is 9.69 Å². The first-order valence-electron chi connectivity index (χ1n) is 10.8. The second-order valence-electron chi connectivity index (χ2n) is 8.42. The number of aromatic nitrogens is 2. The average molecular weight is 516 g/mol. The van der Waals surface area contributed by atoms with E-state index in [1.807, 2.05) is 0 Å². The number of likely N-dealkylation sites (N-methyl/N-ethyl adjacent to an activating group) is 1. The first kappa shape index (κ1) is 25.4. The lowest BCUT2D eigenvalue weighted by Crippen LogP contribution is -2.25. The quantitative estimate of drug-likeness (QED) is 0.289. The van der Waals surface area contributed by atoms with Gasteiger partial charge in [0.05, 0.1) is 6.54 Å². The van der Waals surface area contributed by atoms with Crippen molar-refractivity contribution in [2.45, 2.75) is 19.4 Å². The molecular formula is C26H21ClF3N3O3. The van der Waals surface area contributed by atoms with E-state index in [-0.39, 0.29) is 35.4 Å². The maximum atomic E-state index is 14.6. The molecule has 0 fully saturated rings. The van der Waals surface area contributed by atoms with Crippen molar-refractivity contribution in [3.8, 4) is 34.0 Å². The van der Waals surface area contributed by atoms with Crippen LogP contribution in [-0.2, 0) is 17.3 Å². The lowest BCUT2D eigenvalue weighted by atomic mass is 9.95. The van der Waals surface area contributed by atoms with Crippen molar-refractivity contribution in [3.05, 3.63) is 82.6 Å². The third kappa shape index (κ3) is 5.58. The summed E-state index contributed by atoms with van der Waals surface area (Å²) in [5.41, 5.74) is 1.77. The van der Waals surface area contributed by atoms with Crippen molar-refractivity contribution in [3.63, 3.8) is 0 Å². The summed E-state index contributed by atoms with van der Waals surface area (Å²) >= 11 is 6.45. The fourth-order valence-electron chi connectivity index (χ4n) is 3.82. The molecule has 0 unspecified atom stereocenters. The summed E-state index contributed by atoms with van der Waals surface area (Å²) in [5.74, 6) is -4.32. The number of aliphatic carboxylic acids is 1. The number of carbonyl (C=O) groups is 1. The van der Waals surface area contributed by atoms with Crippen LogP contribution in [0, 0.1) is 5.82 Å². The number of halogens is 4. The molecule has 1 aromatic heterocycles. The number of benzene rings is 3. The Labute approximate surface area is 209 Å². The second-order valence-corrected chi connectivity index (χ2v) is 8.83. The van der Waals surface area contributed by atoms with E-state index >= 15 is 0 Å². The Bertz CT molecular complexity index is 1420. The molecule has 0 aliphatic carbocycles. The van der Waals surface area contributed by atoms with Gasteiger partial charge >= 0.3 is 5.97 Å². The van der Waals surface area contributed by atoms with E-state index in [9.17, 15) is 18.0 Å². The Kier molecular flexibility index (Phi) is 7.14. The van der Waals surface area contributed by atoms with E-state index in [4.69, 9.17) is 21.2 Å². The lowest BCUT2D eigenvalue weighted by molar-refractivity contribution is -0.138. The standard InChI is InChI=1S/C26H21ClF3N3O3/c1-26(29,30)20-6-4-3-5-18(20)19-10-9-16(11-21(19)27)25-31-24(32-36-25)15-7-8-17(22(28)12-15)13-33(2)14-23(34)35/h3-12H,13-14H2,1-2H3,(H,34,35). The lowest BCUT2D eigenvalue weighted by Gasteiger charge is -2.16. The van der Waals surface area contributed by atoms with Gasteiger partial charge in [-0.05, 0) is 30.8 Å². The number of alkyl halides is 2. The molecule has 0 bridgehead atoms. The first-order valence-corrected chi connectivity index (χ1v) is 11.2. The minimum absolute atomic E-state index is 0.119. The van der Waals surface area contributed by atoms with Crippen LogP contribution in [0.15, 0.2) is 65.2 Å². The average Bonchev–Trinajstić information content (AvgIpc) is 3.30. The molecule has 1 N–H and O–H groups in total.